The summed E-state index contributed by atoms with van der Waals surface area (Å²) in [6, 6.07) is 9.68. The molecule has 16 heavy (non-hydrogen) atoms. The number of hydrogen-bond donors (Lipinski definition) is 1. The van der Waals surface area contributed by atoms with Crippen molar-refractivity contribution >= 4 is 17.3 Å². The second kappa shape index (κ2) is 4.94. The van der Waals surface area contributed by atoms with E-state index in [-0.39, 0.29) is 6.04 Å². The van der Waals surface area contributed by atoms with Gasteiger partial charge in [0.25, 0.3) is 0 Å². The molecule has 2 aromatic rings. The van der Waals surface area contributed by atoms with E-state index >= 15 is 0 Å². The summed E-state index contributed by atoms with van der Waals surface area (Å²) in [5.41, 5.74) is 1.80. The fourth-order valence-corrected chi connectivity index (χ4v) is 1.61. The summed E-state index contributed by atoms with van der Waals surface area (Å²) < 4.78 is 0. The van der Waals surface area contributed by atoms with Gasteiger partial charge in [-0.05, 0) is 31.2 Å². The Balaban J connectivity index is 2.14. The van der Waals surface area contributed by atoms with Crippen molar-refractivity contribution in [3.05, 3.63) is 53.6 Å². The summed E-state index contributed by atoms with van der Waals surface area (Å²) in [6.45, 7) is 2.03. The molecular weight excluding hydrogens is 222 g/mol. The number of rotatable bonds is 3. The average Bonchev–Trinajstić information content (AvgIpc) is 2.33. The third-order valence-electron chi connectivity index (χ3n) is 2.26. The lowest BCUT2D eigenvalue weighted by Crippen LogP contribution is -2.08. The molecule has 2 heterocycles. The lowest BCUT2D eigenvalue weighted by atomic mass is 10.2. The zero-order valence-electron chi connectivity index (χ0n) is 8.89. The first-order chi connectivity index (χ1) is 7.77. The molecule has 0 aromatic carbocycles. The zero-order chi connectivity index (χ0) is 11.4. The Labute approximate surface area is 99.5 Å². The molecule has 0 bridgehead atoms. The van der Waals surface area contributed by atoms with Crippen LogP contribution in [0.15, 0.2) is 42.7 Å². The highest BCUT2D eigenvalue weighted by molar-refractivity contribution is 6.31. The minimum Gasteiger partial charge on any atom is -0.374 e. The first-order valence-electron chi connectivity index (χ1n) is 5.05. The van der Waals surface area contributed by atoms with E-state index in [9.17, 15) is 0 Å². The smallest absolute Gasteiger partial charge is 0.152 e. The largest absolute Gasteiger partial charge is 0.374 e. The molecule has 0 spiro atoms. The predicted molar refractivity (Wildman–Crippen MR) is 65.5 cm³/mol. The summed E-state index contributed by atoms with van der Waals surface area (Å²) in [5, 5.41) is 3.75. The van der Waals surface area contributed by atoms with E-state index in [0.29, 0.717) is 5.15 Å². The van der Waals surface area contributed by atoms with Gasteiger partial charge in [0.05, 0.1) is 17.4 Å². The number of pyridine rings is 2. The molecular formula is C12H12ClN3. The summed E-state index contributed by atoms with van der Waals surface area (Å²) >= 11 is 5.96. The Morgan fingerprint density at radius 2 is 1.94 bits per heavy atom. The lowest BCUT2D eigenvalue weighted by Gasteiger charge is -2.14. The van der Waals surface area contributed by atoms with Crippen molar-refractivity contribution in [2.24, 2.45) is 0 Å². The molecule has 0 aliphatic carbocycles. The summed E-state index contributed by atoms with van der Waals surface area (Å²) in [6.07, 6.45) is 3.44. The number of hydrogen-bond acceptors (Lipinski definition) is 3. The fraction of sp³-hybridized carbons (Fsp3) is 0.167. The quantitative estimate of drug-likeness (QED) is 0.827. The SMILES string of the molecule is CC(Nc1cccnc1Cl)c1ccccn1. The molecule has 0 saturated carbocycles. The van der Waals surface area contributed by atoms with Gasteiger partial charge in [-0.2, -0.15) is 0 Å². The second-order valence-electron chi connectivity index (χ2n) is 3.46. The number of nitrogens with zero attached hydrogens (tertiary/aromatic N) is 2. The number of anilines is 1. The van der Waals surface area contributed by atoms with E-state index < -0.39 is 0 Å². The van der Waals surface area contributed by atoms with Crippen LogP contribution in [0.1, 0.15) is 18.7 Å². The van der Waals surface area contributed by atoms with E-state index in [1.165, 1.54) is 0 Å². The maximum Gasteiger partial charge on any atom is 0.152 e. The van der Waals surface area contributed by atoms with Gasteiger partial charge in [-0.25, -0.2) is 4.98 Å². The van der Waals surface area contributed by atoms with Gasteiger partial charge >= 0.3 is 0 Å². The molecule has 0 saturated heterocycles. The second-order valence-corrected chi connectivity index (χ2v) is 3.82. The molecule has 1 unspecified atom stereocenters. The monoisotopic (exact) mass is 233 g/mol. The van der Waals surface area contributed by atoms with Gasteiger partial charge in [0, 0.05) is 12.4 Å². The minimum absolute atomic E-state index is 0.0999. The lowest BCUT2D eigenvalue weighted by molar-refractivity contribution is 0.838. The van der Waals surface area contributed by atoms with Crippen molar-refractivity contribution in [3.8, 4) is 0 Å². The van der Waals surface area contributed by atoms with E-state index in [2.05, 4.69) is 15.3 Å². The molecule has 0 amide bonds. The van der Waals surface area contributed by atoms with Gasteiger partial charge < -0.3 is 5.32 Å². The fourth-order valence-electron chi connectivity index (χ4n) is 1.43. The van der Waals surface area contributed by atoms with E-state index in [1.54, 1.807) is 12.4 Å². The van der Waals surface area contributed by atoms with Gasteiger partial charge in [-0.1, -0.05) is 17.7 Å². The summed E-state index contributed by atoms with van der Waals surface area (Å²) in [5.74, 6) is 0. The first-order valence-corrected chi connectivity index (χ1v) is 5.43. The van der Waals surface area contributed by atoms with Crippen LogP contribution in [0.3, 0.4) is 0 Å². The third kappa shape index (κ3) is 2.49. The minimum atomic E-state index is 0.0999. The average molecular weight is 234 g/mol. The van der Waals surface area contributed by atoms with Crippen LogP contribution in [0.25, 0.3) is 0 Å². The molecule has 0 aliphatic heterocycles. The molecule has 1 atom stereocenters. The number of aromatic nitrogens is 2. The molecule has 0 fully saturated rings. The van der Waals surface area contributed by atoms with Crippen LogP contribution in [0.4, 0.5) is 5.69 Å². The molecule has 4 heteroatoms. The highest BCUT2D eigenvalue weighted by Gasteiger charge is 2.08. The molecule has 82 valence electrons. The van der Waals surface area contributed by atoms with E-state index in [0.717, 1.165) is 11.4 Å². The highest BCUT2D eigenvalue weighted by atomic mass is 35.5. The highest BCUT2D eigenvalue weighted by Crippen LogP contribution is 2.22. The topological polar surface area (TPSA) is 37.8 Å². The van der Waals surface area contributed by atoms with Crippen molar-refractivity contribution in [2.45, 2.75) is 13.0 Å². The Hall–Kier alpha value is -1.61. The molecule has 3 nitrogen and oxygen atoms in total. The summed E-state index contributed by atoms with van der Waals surface area (Å²) in [7, 11) is 0. The van der Waals surface area contributed by atoms with Gasteiger partial charge in [0.2, 0.25) is 0 Å². The van der Waals surface area contributed by atoms with Crippen molar-refractivity contribution in [1.82, 2.24) is 9.97 Å². The summed E-state index contributed by atoms with van der Waals surface area (Å²) in [4.78, 5) is 8.29. The van der Waals surface area contributed by atoms with Crippen LogP contribution >= 0.6 is 11.6 Å². The van der Waals surface area contributed by atoms with Gasteiger partial charge in [0.1, 0.15) is 0 Å². The van der Waals surface area contributed by atoms with Crippen LogP contribution in [0, 0.1) is 0 Å². The third-order valence-corrected chi connectivity index (χ3v) is 2.56. The van der Waals surface area contributed by atoms with Crippen molar-refractivity contribution in [1.29, 1.82) is 0 Å². The maximum atomic E-state index is 5.96. The van der Waals surface area contributed by atoms with Crippen LogP contribution in [-0.2, 0) is 0 Å². The van der Waals surface area contributed by atoms with Crippen LogP contribution < -0.4 is 5.32 Å². The zero-order valence-corrected chi connectivity index (χ0v) is 9.65. The molecule has 0 aliphatic rings. The standard InChI is InChI=1S/C12H12ClN3/c1-9(10-5-2-3-7-14-10)16-11-6-4-8-15-12(11)13/h2-9,16H,1H3. The molecule has 2 aromatic heterocycles. The first kappa shape index (κ1) is 10.9. The Morgan fingerprint density at radius 1 is 1.12 bits per heavy atom. The van der Waals surface area contributed by atoms with Gasteiger partial charge in [0.15, 0.2) is 5.15 Å². The Bertz CT molecular complexity index is 459. The van der Waals surface area contributed by atoms with Crippen LogP contribution in [0.2, 0.25) is 5.15 Å². The molecule has 1 N–H and O–H groups in total. The maximum absolute atomic E-state index is 5.96. The van der Waals surface area contributed by atoms with Gasteiger partial charge in [-0.3, -0.25) is 4.98 Å². The van der Waals surface area contributed by atoms with Crippen LogP contribution in [0.5, 0.6) is 0 Å². The van der Waals surface area contributed by atoms with E-state index in [1.807, 2.05) is 37.3 Å². The van der Waals surface area contributed by atoms with Crippen LogP contribution in [-0.4, -0.2) is 9.97 Å². The molecule has 0 radical (unpaired) electrons. The van der Waals surface area contributed by atoms with Crippen molar-refractivity contribution < 1.29 is 0 Å². The Morgan fingerprint density at radius 3 is 2.62 bits per heavy atom. The van der Waals surface area contributed by atoms with Crippen molar-refractivity contribution in [2.75, 3.05) is 5.32 Å². The molecule has 2 rings (SSSR count). The van der Waals surface area contributed by atoms with E-state index in [4.69, 9.17) is 11.6 Å². The number of nitrogens with one attached hydrogen (secondary N) is 1. The normalized spacial score (nSPS) is 12.1. The predicted octanol–water partition coefficient (Wildman–Crippen LogP) is 3.30. The Kier molecular flexibility index (Phi) is 3.37. The van der Waals surface area contributed by atoms with Crippen molar-refractivity contribution in [3.63, 3.8) is 0 Å². The number of halogens is 1. The van der Waals surface area contributed by atoms with Gasteiger partial charge in [-0.15, -0.1) is 0 Å².